The Morgan fingerprint density at radius 3 is 2.75 bits per heavy atom. The van der Waals surface area contributed by atoms with Gasteiger partial charge in [0.1, 0.15) is 5.69 Å². The predicted molar refractivity (Wildman–Crippen MR) is 71.4 cm³/mol. The Morgan fingerprint density at radius 2 is 2.12 bits per heavy atom. The third-order valence-corrected chi connectivity index (χ3v) is 5.34. The van der Waals surface area contributed by atoms with Crippen molar-refractivity contribution in [3.8, 4) is 10.6 Å². The van der Waals surface area contributed by atoms with Crippen molar-refractivity contribution in [2.75, 3.05) is 0 Å². The molecule has 3 rings (SSSR count). The lowest BCUT2D eigenvalue weighted by molar-refractivity contribution is 0.771. The number of hydrogen-bond acceptors (Lipinski definition) is 3. The minimum Gasteiger partial charge on any atom is -0.275 e. The molecule has 0 bridgehead atoms. The molecule has 0 fully saturated rings. The molecule has 0 atom stereocenters. The second-order valence-corrected chi connectivity index (χ2v) is 6.17. The van der Waals surface area contributed by atoms with Crippen LogP contribution in [0.2, 0.25) is 0 Å². The molecule has 2 nitrogen and oxygen atoms in total. The van der Waals surface area contributed by atoms with E-state index >= 15 is 0 Å². The first-order chi connectivity index (χ1) is 7.66. The number of hydrogen-bond donors (Lipinski definition) is 0. The van der Waals surface area contributed by atoms with Gasteiger partial charge in [-0.15, -0.1) is 22.7 Å². The topological polar surface area (TPSA) is 17.8 Å². The van der Waals surface area contributed by atoms with Crippen molar-refractivity contribution in [2.24, 2.45) is 7.05 Å². The molecule has 0 aliphatic heterocycles. The molecular weight excluding hydrogens is 236 g/mol. The van der Waals surface area contributed by atoms with E-state index in [0.717, 1.165) is 5.69 Å². The van der Waals surface area contributed by atoms with Crippen LogP contribution < -0.4 is 0 Å². The maximum Gasteiger partial charge on any atom is 0.103 e. The molecule has 0 saturated carbocycles. The maximum absolute atomic E-state index is 4.48. The summed E-state index contributed by atoms with van der Waals surface area (Å²) in [6.07, 6.45) is 2.00. The summed E-state index contributed by atoms with van der Waals surface area (Å²) in [6, 6.07) is 2.08. The summed E-state index contributed by atoms with van der Waals surface area (Å²) in [6.45, 7) is 4.38. The normalized spacial score (nSPS) is 11.4. The highest BCUT2D eigenvalue weighted by Crippen LogP contribution is 2.41. The molecule has 4 heteroatoms. The second kappa shape index (κ2) is 3.43. The summed E-state index contributed by atoms with van der Waals surface area (Å²) in [5, 5.41) is 8.14. The van der Waals surface area contributed by atoms with Gasteiger partial charge in [-0.3, -0.25) is 4.68 Å². The van der Waals surface area contributed by atoms with Gasteiger partial charge in [0.15, 0.2) is 0 Å². The Kier molecular flexibility index (Phi) is 2.16. The molecule has 3 aromatic heterocycles. The van der Waals surface area contributed by atoms with Crippen molar-refractivity contribution in [1.29, 1.82) is 0 Å². The molecule has 0 aliphatic rings. The number of nitrogens with zero attached hydrogens (tertiary/aromatic N) is 2. The molecule has 0 aliphatic carbocycles. The zero-order chi connectivity index (χ0) is 11.3. The highest BCUT2D eigenvalue weighted by Gasteiger charge is 2.14. The summed E-state index contributed by atoms with van der Waals surface area (Å²) in [5.74, 6) is 0. The largest absolute Gasteiger partial charge is 0.275 e. The molecule has 0 unspecified atom stereocenters. The van der Waals surface area contributed by atoms with E-state index in [1.54, 1.807) is 0 Å². The van der Waals surface area contributed by atoms with Gasteiger partial charge in [-0.1, -0.05) is 0 Å². The van der Waals surface area contributed by atoms with Crippen molar-refractivity contribution in [3.05, 3.63) is 28.8 Å². The number of rotatable bonds is 1. The fraction of sp³-hybridized carbons (Fsp3) is 0.250. The van der Waals surface area contributed by atoms with Crippen molar-refractivity contribution in [1.82, 2.24) is 9.78 Å². The molecule has 0 radical (unpaired) electrons. The van der Waals surface area contributed by atoms with Gasteiger partial charge >= 0.3 is 0 Å². The SMILES string of the molecule is Cc1csc2sc(-c3ccn(C)n3)c(C)c12. The number of fused-ring (bicyclic) bond motifs is 1. The van der Waals surface area contributed by atoms with Gasteiger partial charge in [0.2, 0.25) is 0 Å². The van der Waals surface area contributed by atoms with E-state index in [2.05, 4.69) is 30.4 Å². The average Bonchev–Trinajstić information content (AvgIpc) is 2.87. The third-order valence-electron chi connectivity index (χ3n) is 2.80. The Balaban J connectivity index is 2.28. The Morgan fingerprint density at radius 1 is 1.31 bits per heavy atom. The second-order valence-electron chi connectivity index (χ2n) is 4.01. The Labute approximate surface area is 102 Å². The highest BCUT2D eigenvalue weighted by molar-refractivity contribution is 7.39. The molecule has 82 valence electrons. The zero-order valence-corrected chi connectivity index (χ0v) is 11.1. The lowest BCUT2D eigenvalue weighted by Crippen LogP contribution is -1.87. The minimum atomic E-state index is 1.09. The first-order valence-electron chi connectivity index (χ1n) is 5.14. The fourth-order valence-electron chi connectivity index (χ4n) is 2.01. The summed E-state index contributed by atoms with van der Waals surface area (Å²) in [7, 11) is 1.96. The van der Waals surface area contributed by atoms with E-state index < -0.39 is 0 Å². The van der Waals surface area contributed by atoms with Crippen LogP contribution in [-0.4, -0.2) is 9.78 Å². The van der Waals surface area contributed by atoms with Crippen LogP contribution in [0.5, 0.6) is 0 Å². The van der Waals surface area contributed by atoms with Crippen LogP contribution in [-0.2, 0) is 7.05 Å². The highest BCUT2D eigenvalue weighted by atomic mass is 32.2. The van der Waals surface area contributed by atoms with E-state index in [1.165, 1.54) is 25.4 Å². The van der Waals surface area contributed by atoms with Gasteiger partial charge in [-0.05, 0) is 36.4 Å². The van der Waals surface area contributed by atoms with Crippen molar-refractivity contribution >= 4 is 32.1 Å². The van der Waals surface area contributed by atoms with Crippen LogP contribution in [0.15, 0.2) is 17.6 Å². The van der Waals surface area contributed by atoms with E-state index in [-0.39, 0.29) is 0 Å². The number of aryl methyl sites for hydroxylation is 3. The minimum absolute atomic E-state index is 1.09. The monoisotopic (exact) mass is 248 g/mol. The van der Waals surface area contributed by atoms with Crippen molar-refractivity contribution in [3.63, 3.8) is 0 Å². The zero-order valence-electron chi connectivity index (χ0n) is 9.44. The van der Waals surface area contributed by atoms with E-state index in [0.29, 0.717) is 0 Å². The lowest BCUT2D eigenvalue weighted by Gasteiger charge is -1.94. The van der Waals surface area contributed by atoms with Gasteiger partial charge in [-0.25, -0.2) is 0 Å². The standard InChI is InChI=1S/C12H12N2S2/c1-7-6-15-12-10(7)8(2)11(16-12)9-4-5-14(3)13-9/h4-6H,1-3H3. The van der Waals surface area contributed by atoms with Crippen LogP contribution in [0.3, 0.4) is 0 Å². The third kappa shape index (κ3) is 1.33. The number of aromatic nitrogens is 2. The Bertz CT molecular complexity index is 658. The van der Waals surface area contributed by atoms with Gasteiger partial charge in [0.25, 0.3) is 0 Å². The summed E-state index contributed by atoms with van der Waals surface area (Å²) in [4.78, 5) is 1.31. The first kappa shape index (κ1) is 10.1. The van der Waals surface area contributed by atoms with Gasteiger partial charge < -0.3 is 0 Å². The van der Waals surface area contributed by atoms with Gasteiger partial charge in [0, 0.05) is 18.6 Å². The summed E-state index contributed by atoms with van der Waals surface area (Å²) < 4.78 is 3.27. The van der Waals surface area contributed by atoms with Crippen LogP contribution in [0.25, 0.3) is 20.0 Å². The molecule has 0 amide bonds. The predicted octanol–water partition coefficient (Wildman–Crippen LogP) is 3.98. The van der Waals surface area contributed by atoms with Crippen LogP contribution in [0.4, 0.5) is 0 Å². The van der Waals surface area contributed by atoms with Crippen LogP contribution in [0, 0.1) is 13.8 Å². The lowest BCUT2D eigenvalue weighted by atomic mass is 10.1. The fourth-order valence-corrected chi connectivity index (χ4v) is 4.50. The molecular formula is C12H12N2S2. The maximum atomic E-state index is 4.48. The number of thiophene rings is 2. The van der Waals surface area contributed by atoms with Crippen LogP contribution >= 0.6 is 22.7 Å². The molecule has 0 aromatic carbocycles. The molecule has 0 saturated heterocycles. The molecule has 16 heavy (non-hydrogen) atoms. The molecule has 0 N–H and O–H groups in total. The summed E-state index contributed by atoms with van der Waals surface area (Å²) in [5.41, 5.74) is 3.85. The van der Waals surface area contributed by atoms with E-state index in [4.69, 9.17) is 0 Å². The van der Waals surface area contributed by atoms with Crippen molar-refractivity contribution < 1.29 is 0 Å². The van der Waals surface area contributed by atoms with Gasteiger partial charge in [0.05, 0.1) is 8.89 Å². The first-order valence-corrected chi connectivity index (χ1v) is 6.83. The van der Waals surface area contributed by atoms with E-state index in [1.807, 2.05) is 40.6 Å². The van der Waals surface area contributed by atoms with Crippen LogP contribution in [0.1, 0.15) is 11.1 Å². The average molecular weight is 248 g/mol. The Hall–Kier alpha value is -1.13. The van der Waals surface area contributed by atoms with E-state index in [9.17, 15) is 0 Å². The summed E-state index contributed by atoms with van der Waals surface area (Å²) >= 11 is 3.69. The smallest absolute Gasteiger partial charge is 0.103 e. The van der Waals surface area contributed by atoms with Crippen molar-refractivity contribution in [2.45, 2.75) is 13.8 Å². The molecule has 3 aromatic rings. The van der Waals surface area contributed by atoms with Gasteiger partial charge in [-0.2, -0.15) is 5.10 Å². The quantitative estimate of drug-likeness (QED) is 0.637. The molecule has 0 spiro atoms. The molecule has 3 heterocycles.